The third kappa shape index (κ3) is 3.28. The molecule has 126 valence electrons. The summed E-state index contributed by atoms with van der Waals surface area (Å²) in [7, 11) is 0. The van der Waals surface area contributed by atoms with E-state index in [9.17, 15) is 4.79 Å². The third-order valence-corrected chi connectivity index (χ3v) is 3.90. The molecule has 0 saturated carbocycles. The van der Waals surface area contributed by atoms with Crippen molar-refractivity contribution in [2.45, 2.75) is 17.4 Å². The van der Waals surface area contributed by atoms with Gasteiger partial charge in [0.05, 0.1) is 33.0 Å². The van der Waals surface area contributed by atoms with Crippen LogP contribution >= 0.6 is 23.2 Å². The van der Waals surface area contributed by atoms with Gasteiger partial charge in [-0.05, 0) is 36.2 Å². The molecule has 0 N–H and O–H groups in total. The molecule has 1 aromatic rings. The van der Waals surface area contributed by atoms with Crippen molar-refractivity contribution in [3.8, 4) is 0 Å². The Morgan fingerprint density at radius 3 is 2.26 bits per heavy atom. The SMILES string of the molecule is CCOC(=O)c1cc(C2(Cl)OCCO2)nc(C2(Cl)OCCO2)n1. The molecule has 2 fully saturated rings. The van der Waals surface area contributed by atoms with Gasteiger partial charge >= 0.3 is 11.2 Å². The molecule has 0 bridgehead atoms. The summed E-state index contributed by atoms with van der Waals surface area (Å²) < 4.78 is 26.3. The first-order chi connectivity index (χ1) is 11.0. The van der Waals surface area contributed by atoms with Crippen LogP contribution in [0.4, 0.5) is 0 Å². The fourth-order valence-corrected chi connectivity index (χ4v) is 2.59. The minimum absolute atomic E-state index is 0.0508. The first-order valence-corrected chi connectivity index (χ1v) is 7.73. The highest BCUT2D eigenvalue weighted by molar-refractivity contribution is 6.22. The smallest absolute Gasteiger partial charge is 0.357 e. The van der Waals surface area contributed by atoms with Gasteiger partial charge in [-0.2, -0.15) is 0 Å². The van der Waals surface area contributed by atoms with Gasteiger partial charge in [0.1, 0.15) is 5.69 Å². The van der Waals surface area contributed by atoms with Crippen molar-refractivity contribution in [1.29, 1.82) is 0 Å². The molecule has 0 radical (unpaired) electrons. The molecule has 10 heteroatoms. The lowest BCUT2D eigenvalue weighted by molar-refractivity contribution is -0.104. The average Bonchev–Trinajstić information content (AvgIpc) is 3.18. The number of alkyl halides is 2. The second kappa shape index (κ2) is 6.46. The van der Waals surface area contributed by atoms with Crippen LogP contribution in [0.2, 0.25) is 0 Å². The number of carbonyl (C=O) groups is 1. The number of aromatic nitrogens is 2. The zero-order valence-electron chi connectivity index (χ0n) is 12.2. The van der Waals surface area contributed by atoms with Crippen molar-refractivity contribution in [3.05, 3.63) is 23.3 Å². The molecule has 2 saturated heterocycles. The number of rotatable bonds is 4. The monoisotopic (exact) mass is 364 g/mol. The van der Waals surface area contributed by atoms with Crippen molar-refractivity contribution >= 4 is 29.2 Å². The summed E-state index contributed by atoms with van der Waals surface area (Å²) in [5.41, 5.74) is 0.0638. The Bertz CT molecular complexity index is 562. The molecule has 23 heavy (non-hydrogen) atoms. The van der Waals surface area contributed by atoms with E-state index in [0.717, 1.165) is 0 Å². The molecule has 0 amide bonds. The van der Waals surface area contributed by atoms with Crippen LogP contribution in [0.25, 0.3) is 0 Å². The van der Waals surface area contributed by atoms with Crippen LogP contribution in [0.3, 0.4) is 0 Å². The number of halogens is 2. The number of esters is 1. The summed E-state index contributed by atoms with van der Waals surface area (Å²) >= 11 is 12.5. The molecule has 0 unspecified atom stereocenters. The highest BCUT2D eigenvalue weighted by atomic mass is 35.5. The molecule has 2 aliphatic rings. The summed E-state index contributed by atoms with van der Waals surface area (Å²) in [5.74, 6) is -0.731. The predicted octanol–water partition coefficient (Wildman–Crippen LogP) is 1.45. The molecule has 3 rings (SSSR count). The van der Waals surface area contributed by atoms with Crippen LogP contribution in [0.1, 0.15) is 28.9 Å². The first-order valence-electron chi connectivity index (χ1n) is 6.97. The van der Waals surface area contributed by atoms with E-state index in [2.05, 4.69) is 9.97 Å². The number of hydrogen-bond acceptors (Lipinski definition) is 8. The van der Waals surface area contributed by atoms with Crippen LogP contribution in [-0.4, -0.2) is 49.0 Å². The minimum Gasteiger partial charge on any atom is -0.461 e. The molecular formula is C13H14Cl2N2O6. The van der Waals surface area contributed by atoms with E-state index in [0.29, 0.717) is 0 Å². The molecule has 3 heterocycles. The second-order valence-corrected chi connectivity index (χ2v) is 5.64. The van der Waals surface area contributed by atoms with Crippen LogP contribution in [-0.2, 0) is 34.2 Å². The summed E-state index contributed by atoms with van der Waals surface area (Å²) in [6.45, 7) is 2.98. The van der Waals surface area contributed by atoms with E-state index in [1.54, 1.807) is 6.92 Å². The normalized spacial score (nSPS) is 22.2. The van der Waals surface area contributed by atoms with Gasteiger partial charge in [0, 0.05) is 0 Å². The van der Waals surface area contributed by atoms with Gasteiger partial charge in [0.25, 0.3) is 5.25 Å². The van der Waals surface area contributed by atoms with Crippen LogP contribution in [0.5, 0.6) is 0 Å². The summed E-state index contributed by atoms with van der Waals surface area (Å²) in [4.78, 5) is 20.3. The Balaban J connectivity index is 2.05. The summed E-state index contributed by atoms with van der Waals surface area (Å²) in [5, 5.41) is -3.31. The quantitative estimate of drug-likeness (QED) is 0.585. The lowest BCUT2D eigenvalue weighted by atomic mass is 10.3. The van der Waals surface area contributed by atoms with E-state index in [1.165, 1.54) is 6.07 Å². The molecule has 0 aliphatic carbocycles. The summed E-state index contributed by atoms with van der Waals surface area (Å²) in [6, 6.07) is 1.33. The first kappa shape index (κ1) is 16.8. The van der Waals surface area contributed by atoms with Crippen molar-refractivity contribution in [3.63, 3.8) is 0 Å². The number of carbonyl (C=O) groups excluding carboxylic acids is 1. The van der Waals surface area contributed by atoms with Gasteiger partial charge in [0.2, 0.25) is 5.82 Å². The zero-order chi connectivity index (χ0) is 16.5. The van der Waals surface area contributed by atoms with Gasteiger partial charge in [-0.3, -0.25) is 0 Å². The topological polar surface area (TPSA) is 89.0 Å². The predicted molar refractivity (Wildman–Crippen MR) is 76.9 cm³/mol. The second-order valence-electron chi connectivity index (χ2n) is 4.65. The Kier molecular flexibility index (Phi) is 4.73. The van der Waals surface area contributed by atoms with Gasteiger partial charge < -0.3 is 23.7 Å². The molecule has 0 spiro atoms. The average molecular weight is 365 g/mol. The Morgan fingerprint density at radius 2 is 1.70 bits per heavy atom. The highest BCUT2D eigenvalue weighted by Crippen LogP contribution is 2.38. The zero-order valence-corrected chi connectivity index (χ0v) is 13.7. The largest absolute Gasteiger partial charge is 0.461 e. The van der Waals surface area contributed by atoms with Crippen molar-refractivity contribution in [1.82, 2.24) is 9.97 Å². The van der Waals surface area contributed by atoms with Gasteiger partial charge in [-0.25, -0.2) is 14.8 Å². The lowest BCUT2D eigenvalue weighted by Crippen LogP contribution is -2.29. The highest BCUT2D eigenvalue weighted by Gasteiger charge is 2.44. The number of ether oxygens (including phenoxy) is 5. The maximum atomic E-state index is 12.0. The fraction of sp³-hybridized carbons (Fsp3) is 0.615. The van der Waals surface area contributed by atoms with E-state index >= 15 is 0 Å². The van der Waals surface area contributed by atoms with Gasteiger partial charge in [-0.15, -0.1) is 0 Å². The van der Waals surface area contributed by atoms with Gasteiger partial charge in [-0.1, -0.05) is 0 Å². The number of hydrogen-bond donors (Lipinski definition) is 0. The Morgan fingerprint density at radius 1 is 1.13 bits per heavy atom. The maximum Gasteiger partial charge on any atom is 0.357 e. The van der Waals surface area contributed by atoms with Crippen LogP contribution in [0, 0.1) is 0 Å². The maximum absolute atomic E-state index is 12.0. The van der Waals surface area contributed by atoms with Crippen molar-refractivity contribution in [2.75, 3.05) is 33.0 Å². The molecular weight excluding hydrogens is 351 g/mol. The lowest BCUT2D eigenvalue weighted by Gasteiger charge is -2.23. The molecule has 2 aliphatic heterocycles. The molecule has 8 nitrogen and oxygen atoms in total. The van der Waals surface area contributed by atoms with Crippen molar-refractivity contribution < 1.29 is 28.5 Å². The van der Waals surface area contributed by atoms with Crippen LogP contribution < -0.4 is 0 Å². The number of nitrogens with zero attached hydrogens (tertiary/aromatic N) is 2. The Labute approximate surface area is 141 Å². The van der Waals surface area contributed by atoms with E-state index in [-0.39, 0.29) is 50.2 Å². The molecule has 0 aromatic carbocycles. The fourth-order valence-electron chi connectivity index (χ4n) is 2.10. The minimum atomic E-state index is -1.69. The van der Waals surface area contributed by atoms with Gasteiger partial charge in [0.15, 0.2) is 5.69 Å². The molecule has 0 atom stereocenters. The molecule has 1 aromatic heterocycles. The Hall–Kier alpha value is -1.03. The third-order valence-electron chi connectivity index (χ3n) is 3.10. The van der Waals surface area contributed by atoms with E-state index in [4.69, 9.17) is 46.9 Å². The van der Waals surface area contributed by atoms with E-state index in [1.807, 2.05) is 0 Å². The van der Waals surface area contributed by atoms with E-state index < -0.39 is 16.5 Å². The van der Waals surface area contributed by atoms with Crippen LogP contribution in [0.15, 0.2) is 6.07 Å². The standard InChI is InChI=1S/C13H14Cl2N2O6/c1-2-19-10(18)8-7-9(12(14)20-3-4-21-12)17-11(16-8)13(15)22-5-6-23-13/h7H,2-6H2,1H3. The summed E-state index contributed by atoms with van der Waals surface area (Å²) in [6.07, 6.45) is 0. The van der Waals surface area contributed by atoms with Crippen molar-refractivity contribution in [2.24, 2.45) is 0 Å².